The van der Waals surface area contributed by atoms with Gasteiger partial charge in [0.1, 0.15) is 6.07 Å². The SMILES string of the molecule is Cc1c(C(F)F)cnc(C#N)c1C(=O)Cl. The van der Waals surface area contributed by atoms with E-state index in [1.807, 2.05) is 0 Å². The molecule has 0 aromatic carbocycles. The molecule has 0 amide bonds. The fourth-order valence-electron chi connectivity index (χ4n) is 1.16. The lowest BCUT2D eigenvalue weighted by Crippen LogP contribution is -2.05. The van der Waals surface area contributed by atoms with E-state index >= 15 is 0 Å². The highest BCUT2D eigenvalue weighted by Gasteiger charge is 2.20. The first-order chi connectivity index (χ1) is 6.99. The molecular weight excluding hydrogens is 226 g/mol. The van der Waals surface area contributed by atoms with Crippen LogP contribution in [0.3, 0.4) is 0 Å². The molecule has 0 N–H and O–H groups in total. The molecule has 1 rings (SSSR count). The maximum atomic E-state index is 12.4. The summed E-state index contributed by atoms with van der Waals surface area (Å²) in [5, 5.41) is 7.65. The van der Waals surface area contributed by atoms with Crippen molar-refractivity contribution < 1.29 is 13.6 Å². The van der Waals surface area contributed by atoms with E-state index in [1.165, 1.54) is 6.92 Å². The van der Waals surface area contributed by atoms with Gasteiger partial charge in [-0.15, -0.1) is 0 Å². The van der Waals surface area contributed by atoms with E-state index < -0.39 is 17.2 Å². The third-order valence-electron chi connectivity index (χ3n) is 1.92. The van der Waals surface area contributed by atoms with Crippen LogP contribution in [0.2, 0.25) is 0 Å². The fraction of sp³-hybridized carbons (Fsp3) is 0.222. The Balaban J connectivity index is 3.51. The Morgan fingerprint density at radius 3 is 2.67 bits per heavy atom. The maximum absolute atomic E-state index is 12.4. The Morgan fingerprint density at radius 2 is 2.27 bits per heavy atom. The second-order valence-corrected chi connectivity index (χ2v) is 3.09. The molecule has 3 nitrogen and oxygen atoms in total. The number of aromatic nitrogens is 1. The van der Waals surface area contributed by atoms with E-state index in [-0.39, 0.29) is 16.8 Å². The van der Waals surface area contributed by atoms with Crippen molar-refractivity contribution in [2.75, 3.05) is 0 Å². The molecule has 0 unspecified atom stereocenters. The molecule has 1 aromatic rings. The minimum atomic E-state index is -2.75. The van der Waals surface area contributed by atoms with Gasteiger partial charge in [0.2, 0.25) is 0 Å². The Hall–Kier alpha value is -1.54. The van der Waals surface area contributed by atoms with Crippen LogP contribution in [0.15, 0.2) is 6.20 Å². The van der Waals surface area contributed by atoms with Crippen LogP contribution < -0.4 is 0 Å². The summed E-state index contributed by atoms with van der Waals surface area (Å²) in [7, 11) is 0. The lowest BCUT2D eigenvalue weighted by molar-refractivity contribution is 0.107. The molecule has 0 fully saturated rings. The van der Waals surface area contributed by atoms with Crippen molar-refractivity contribution in [3.63, 3.8) is 0 Å². The van der Waals surface area contributed by atoms with Crippen molar-refractivity contribution in [3.05, 3.63) is 28.6 Å². The van der Waals surface area contributed by atoms with Crippen LogP contribution in [-0.2, 0) is 0 Å². The Labute approximate surface area is 89.3 Å². The molecule has 0 aliphatic heterocycles. The summed E-state index contributed by atoms with van der Waals surface area (Å²) in [6.45, 7) is 1.31. The predicted molar refractivity (Wildman–Crippen MR) is 48.8 cm³/mol. The first kappa shape index (κ1) is 11.5. The van der Waals surface area contributed by atoms with Gasteiger partial charge >= 0.3 is 0 Å². The smallest absolute Gasteiger partial charge is 0.265 e. The number of pyridine rings is 1. The summed E-state index contributed by atoms with van der Waals surface area (Å²) in [5.41, 5.74) is -0.886. The summed E-state index contributed by atoms with van der Waals surface area (Å²) in [5.74, 6) is 0. The van der Waals surface area contributed by atoms with Gasteiger partial charge in [-0.05, 0) is 24.1 Å². The molecule has 6 heteroatoms. The van der Waals surface area contributed by atoms with E-state index in [0.29, 0.717) is 0 Å². The average molecular weight is 231 g/mol. The van der Waals surface area contributed by atoms with Crippen LogP contribution >= 0.6 is 11.6 Å². The van der Waals surface area contributed by atoms with Crippen molar-refractivity contribution in [3.8, 4) is 6.07 Å². The molecule has 0 atom stereocenters. The lowest BCUT2D eigenvalue weighted by Gasteiger charge is -2.08. The van der Waals surface area contributed by atoms with E-state index in [1.54, 1.807) is 6.07 Å². The van der Waals surface area contributed by atoms with Gasteiger partial charge in [0.25, 0.3) is 11.7 Å². The molecule has 15 heavy (non-hydrogen) atoms. The summed E-state index contributed by atoms with van der Waals surface area (Å²) >= 11 is 5.19. The average Bonchev–Trinajstić information content (AvgIpc) is 2.15. The van der Waals surface area contributed by atoms with Gasteiger partial charge in [-0.2, -0.15) is 5.26 Å². The number of carbonyl (C=O) groups excluding carboxylic acids is 1. The van der Waals surface area contributed by atoms with Gasteiger partial charge in [0.15, 0.2) is 5.69 Å². The van der Waals surface area contributed by atoms with Crippen molar-refractivity contribution >= 4 is 16.8 Å². The number of alkyl halides is 2. The highest BCUT2D eigenvalue weighted by atomic mass is 35.5. The fourth-order valence-corrected chi connectivity index (χ4v) is 1.39. The summed E-state index contributed by atoms with van der Waals surface area (Å²) in [6, 6.07) is 1.62. The van der Waals surface area contributed by atoms with E-state index in [0.717, 1.165) is 6.20 Å². The maximum Gasteiger partial charge on any atom is 0.265 e. The van der Waals surface area contributed by atoms with Crippen molar-refractivity contribution in [2.24, 2.45) is 0 Å². The molecule has 0 aliphatic carbocycles. The molecule has 0 radical (unpaired) electrons. The highest BCUT2D eigenvalue weighted by molar-refractivity contribution is 6.68. The topological polar surface area (TPSA) is 53.8 Å². The van der Waals surface area contributed by atoms with Gasteiger partial charge in [-0.1, -0.05) is 0 Å². The minimum absolute atomic E-state index is 0.00319. The zero-order valence-electron chi connectivity index (χ0n) is 7.59. The lowest BCUT2D eigenvalue weighted by atomic mass is 10.0. The van der Waals surface area contributed by atoms with E-state index in [9.17, 15) is 13.6 Å². The molecule has 1 heterocycles. The monoisotopic (exact) mass is 230 g/mol. The first-order valence-corrected chi connectivity index (χ1v) is 4.24. The number of rotatable bonds is 2. The third-order valence-corrected chi connectivity index (χ3v) is 2.10. The normalized spacial score (nSPS) is 10.1. The Kier molecular flexibility index (Phi) is 3.32. The van der Waals surface area contributed by atoms with Gasteiger partial charge in [-0.25, -0.2) is 13.8 Å². The van der Waals surface area contributed by atoms with Crippen LogP contribution in [0.1, 0.15) is 33.6 Å². The third kappa shape index (κ3) is 2.10. The number of nitriles is 1. The Bertz CT molecular complexity index is 454. The molecule has 0 aliphatic rings. The summed E-state index contributed by atoms with van der Waals surface area (Å²) in [6.07, 6.45) is -1.87. The number of nitrogens with zero attached hydrogens (tertiary/aromatic N) is 2. The Morgan fingerprint density at radius 1 is 1.67 bits per heavy atom. The highest BCUT2D eigenvalue weighted by Crippen LogP contribution is 2.26. The van der Waals surface area contributed by atoms with Crippen LogP contribution in [0, 0.1) is 18.3 Å². The van der Waals surface area contributed by atoms with Crippen LogP contribution in [0.5, 0.6) is 0 Å². The zero-order valence-corrected chi connectivity index (χ0v) is 8.35. The second-order valence-electron chi connectivity index (χ2n) is 2.75. The van der Waals surface area contributed by atoms with Gasteiger partial charge in [0.05, 0.1) is 5.56 Å². The first-order valence-electron chi connectivity index (χ1n) is 3.86. The number of halogens is 3. The van der Waals surface area contributed by atoms with Crippen molar-refractivity contribution in [2.45, 2.75) is 13.3 Å². The minimum Gasteiger partial charge on any atom is -0.275 e. The summed E-state index contributed by atoms with van der Waals surface area (Å²) in [4.78, 5) is 14.4. The van der Waals surface area contributed by atoms with Crippen molar-refractivity contribution in [1.82, 2.24) is 4.98 Å². The molecule has 0 saturated carbocycles. The standard InChI is InChI=1S/C9H5ClF2N2O/c1-4-5(9(11)12)3-14-6(2-13)7(4)8(10)15/h3,9H,1H3. The van der Waals surface area contributed by atoms with Crippen LogP contribution in [-0.4, -0.2) is 10.2 Å². The van der Waals surface area contributed by atoms with Crippen molar-refractivity contribution in [1.29, 1.82) is 5.26 Å². The van der Waals surface area contributed by atoms with Crippen LogP contribution in [0.4, 0.5) is 8.78 Å². The quantitative estimate of drug-likeness (QED) is 0.734. The molecule has 1 aromatic heterocycles. The molecule has 0 bridgehead atoms. The van der Waals surface area contributed by atoms with Gasteiger partial charge < -0.3 is 0 Å². The largest absolute Gasteiger partial charge is 0.275 e. The molecule has 0 spiro atoms. The van der Waals surface area contributed by atoms with Crippen LogP contribution in [0.25, 0.3) is 0 Å². The zero-order chi connectivity index (χ0) is 11.6. The van der Waals surface area contributed by atoms with Gasteiger partial charge in [0, 0.05) is 11.8 Å². The number of hydrogen-bond donors (Lipinski definition) is 0. The summed E-state index contributed by atoms with van der Waals surface area (Å²) < 4.78 is 24.9. The van der Waals surface area contributed by atoms with Gasteiger partial charge in [-0.3, -0.25) is 4.79 Å². The molecule has 0 saturated heterocycles. The molecule has 78 valence electrons. The van der Waals surface area contributed by atoms with E-state index in [2.05, 4.69) is 4.98 Å². The predicted octanol–water partition coefficient (Wildman–Crippen LogP) is 2.58. The number of carbonyl (C=O) groups is 1. The molecular formula is C9H5ClF2N2O. The van der Waals surface area contributed by atoms with E-state index in [4.69, 9.17) is 16.9 Å². The second kappa shape index (κ2) is 4.32. The number of hydrogen-bond acceptors (Lipinski definition) is 3.